The van der Waals surface area contributed by atoms with Gasteiger partial charge in [-0.05, 0) is 22.6 Å². The average Bonchev–Trinajstić information content (AvgIpc) is 2.39. The van der Waals surface area contributed by atoms with Gasteiger partial charge in [-0.15, -0.1) is 0 Å². The molecular weight excluding hydrogens is 235 g/mol. The van der Waals surface area contributed by atoms with Crippen molar-refractivity contribution in [2.75, 3.05) is 0 Å². The first-order chi connectivity index (χ1) is 8.83. The molecule has 1 aliphatic rings. The van der Waals surface area contributed by atoms with Gasteiger partial charge in [0, 0.05) is 15.2 Å². The first-order valence-electron chi connectivity index (χ1n) is 5.92. The molecule has 18 heavy (non-hydrogen) atoms. The molecule has 0 saturated heterocycles. The summed E-state index contributed by atoms with van der Waals surface area (Å²) >= 11 is 1.81. The van der Waals surface area contributed by atoms with E-state index >= 15 is 0 Å². The van der Waals surface area contributed by atoms with Crippen molar-refractivity contribution in [2.45, 2.75) is 9.79 Å². The summed E-state index contributed by atoms with van der Waals surface area (Å²) in [5, 5.41) is 2.67. The minimum absolute atomic E-state index is 0.827. The fraction of sp³-hybridized carbons (Fsp3) is 0. The molecule has 0 unspecified atom stereocenters. The molecule has 4 rings (SSSR count). The summed E-state index contributed by atoms with van der Waals surface area (Å²) < 4.78 is 0. The van der Waals surface area contributed by atoms with Crippen LogP contribution in [0, 0.1) is 0 Å². The maximum atomic E-state index is 5.89. The van der Waals surface area contributed by atoms with E-state index in [1.807, 2.05) is 17.8 Å². The molecule has 0 N–H and O–H groups in total. The molecular formula is C16H9BS. The van der Waals surface area contributed by atoms with Crippen LogP contribution in [0.2, 0.25) is 0 Å². The van der Waals surface area contributed by atoms with Crippen LogP contribution in [0.1, 0.15) is 0 Å². The van der Waals surface area contributed by atoms with E-state index in [0.29, 0.717) is 0 Å². The highest BCUT2D eigenvalue weighted by Gasteiger charge is 2.18. The van der Waals surface area contributed by atoms with Gasteiger partial charge in [0.05, 0.1) is 0 Å². The lowest BCUT2D eigenvalue weighted by molar-refractivity contribution is 1.41. The van der Waals surface area contributed by atoms with Crippen molar-refractivity contribution in [3.63, 3.8) is 0 Å². The molecule has 0 saturated carbocycles. The van der Waals surface area contributed by atoms with Crippen LogP contribution in [0.25, 0.3) is 21.9 Å². The summed E-state index contributed by atoms with van der Waals surface area (Å²) in [6.45, 7) is 0. The van der Waals surface area contributed by atoms with Crippen LogP contribution >= 0.6 is 11.8 Å². The Balaban J connectivity index is 2.17. The lowest BCUT2D eigenvalue weighted by Gasteiger charge is -2.20. The lowest BCUT2D eigenvalue weighted by Crippen LogP contribution is -2.03. The molecule has 0 spiro atoms. The fourth-order valence-electron chi connectivity index (χ4n) is 2.58. The van der Waals surface area contributed by atoms with Gasteiger partial charge in [-0.2, -0.15) is 0 Å². The maximum Gasteiger partial charge on any atom is 0.113 e. The van der Waals surface area contributed by atoms with Crippen molar-refractivity contribution in [1.29, 1.82) is 0 Å². The largest absolute Gasteiger partial charge is 0.113 e. The molecule has 0 bridgehead atoms. The van der Waals surface area contributed by atoms with Crippen molar-refractivity contribution in [3.05, 3.63) is 54.6 Å². The first kappa shape index (κ1) is 10.3. The van der Waals surface area contributed by atoms with Crippen molar-refractivity contribution in [1.82, 2.24) is 0 Å². The number of hydrogen-bond donors (Lipinski definition) is 0. The number of rotatable bonds is 0. The van der Waals surface area contributed by atoms with E-state index in [0.717, 1.165) is 5.46 Å². The van der Waals surface area contributed by atoms with Crippen molar-refractivity contribution in [2.24, 2.45) is 0 Å². The van der Waals surface area contributed by atoms with Crippen LogP contribution in [0.4, 0.5) is 0 Å². The van der Waals surface area contributed by atoms with Crippen LogP contribution in [-0.4, -0.2) is 7.85 Å². The van der Waals surface area contributed by atoms with E-state index in [2.05, 4.69) is 48.5 Å². The predicted molar refractivity (Wildman–Crippen MR) is 78.9 cm³/mol. The SMILES string of the molecule is [B]c1ccc2c(c1)Sc1cccc3cccc-2c13. The molecule has 2 heteroatoms. The predicted octanol–water partition coefficient (Wildman–Crippen LogP) is 3.77. The van der Waals surface area contributed by atoms with Gasteiger partial charge < -0.3 is 0 Å². The van der Waals surface area contributed by atoms with Crippen molar-refractivity contribution < 1.29 is 0 Å². The summed E-state index contributed by atoms with van der Waals surface area (Å²) in [7, 11) is 5.89. The van der Waals surface area contributed by atoms with E-state index in [1.165, 1.54) is 31.7 Å². The van der Waals surface area contributed by atoms with Crippen LogP contribution in [0.3, 0.4) is 0 Å². The van der Waals surface area contributed by atoms with Gasteiger partial charge in [0.2, 0.25) is 0 Å². The number of fused-ring (bicyclic) bond motifs is 2. The minimum Gasteiger partial charge on any atom is -0.0955 e. The summed E-state index contributed by atoms with van der Waals surface area (Å²) in [5.41, 5.74) is 3.43. The molecule has 1 aliphatic heterocycles. The molecule has 0 atom stereocenters. The Hall–Kier alpha value is -1.67. The normalized spacial score (nSPS) is 12.4. The monoisotopic (exact) mass is 244 g/mol. The topological polar surface area (TPSA) is 0 Å². The van der Waals surface area contributed by atoms with Gasteiger partial charge in [0.1, 0.15) is 7.85 Å². The van der Waals surface area contributed by atoms with Crippen LogP contribution in [-0.2, 0) is 0 Å². The molecule has 0 aromatic heterocycles. The zero-order valence-corrected chi connectivity index (χ0v) is 10.5. The van der Waals surface area contributed by atoms with Gasteiger partial charge in [-0.3, -0.25) is 0 Å². The minimum atomic E-state index is 0.827. The van der Waals surface area contributed by atoms with Gasteiger partial charge in [0.25, 0.3) is 0 Å². The Morgan fingerprint density at radius 3 is 2.50 bits per heavy atom. The van der Waals surface area contributed by atoms with Crippen LogP contribution < -0.4 is 5.46 Å². The summed E-state index contributed by atoms with van der Waals surface area (Å²) in [4.78, 5) is 2.57. The molecule has 2 radical (unpaired) electrons. The third-order valence-electron chi connectivity index (χ3n) is 3.38. The second-order valence-corrected chi connectivity index (χ2v) is 5.60. The average molecular weight is 244 g/mol. The Morgan fingerprint density at radius 1 is 0.778 bits per heavy atom. The first-order valence-corrected chi connectivity index (χ1v) is 6.74. The van der Waals surface area contributed by atoms with E-state index in [-0.39, 0.29) is 0 Å². The van der Waals surface area contributed by atoms with Gasteiger partial charge >= 0.3 is 0 Å². The smallest absolute Gasteiger partial charge is 0.0955 e. The van der Waals surface area contributed by atoms with Gasteiger partial charge in [-0.1, -0.05) is 65.8 Å². The molecule has 82 valence electrons. The Bertz CT molecular complexity index is 772. The number of benzene rings is 3. The van der Waals surface area contributed by atoms with Crippen LogP contribution in [0.15, 0.2) is 64.4 Å². The molecule has 0 amide bonds. The molecule has 3 aromatic carbocycles. The van der Waals surface area contributed by atoms with E-state index in [4.69, 9.17) is 7.85 Å². The second kappa shape index (κ2) is 3.66. The highest BCUT2D eigenvalue weighted by molar-refractivity contribution is 7.99. The van der Waals surface area contributed by atoms with Crippen molar-refractivity contribution >= 4 is 35.8 Å². The lowest BCUT2D eigenvalue weighted by atomic mass is 9.91. The fourth-order valence-corrected chi connectivity index (χ4v) is 3.78. The standard InChI is InChI=1S/C16H9BS/c17-11-7-8-12-13-5-1-3-10-4-2-6-14(16(10)13)18-15(12)9-11/h1-9H. The maximum absolute atomic E-state index is 5.89. The summed E-state index contributed by atoms with van der Waals surface area (Å²) in [6, 6.07) is 19.1. The summed E-state index contributed by atoms with van der Waals surface area (Å²) in [5.74, 6) is 0. The molecule has 0 fully saturated rings. The third-order valence-corrected chi connectivity index (χ3v) is 4.50. The Morgan fingerprint density at radius 2 is 1.61 bits per heavy atom. The molecule has 0 nitrogen and oxygen atoms in total. The van der Waals surface area contributed by atoms with Gasteiger partial charge in [0.15, 0.2) is 0 Å². The highest BCUT2D eigenvalue weighted by atomic mass is 32.2. The quantitative estimate of drug-likeness (QED) is 0.424. The molecule has 0 aliphatic carbocycles. The molecule has 1 heterocycles. The highest BCUT2D eigenvalue weighted by Crippen LogP contribution is 2.47. The molecule has 3 aromatic rings. The van der Waals surface area contributed by atoms with Crippen molar-refractivity contribution in [3.8, 4) is 11.1 Å². The zero-order valence-electron chi connectivity index (χ0n) is 9.68. The third kappa shape index (κ3) is 1.36. The van der Waals surface area contributed by atoms with E-state index < -0.39 is 0 Å². The van der Waals surface area contributed by atoms with Gasteiger partial charge in [-0.25, -0.2) is 0 Å². The Labute approximate surface area is 111 Å². The van der Waals surface area contributed by atoms with Crippen LogP contribution in [0.5, 0.6) is 0 Å². The summed E-state index contributed by atoms with van der Waals surface area (Å²) in [6.07, 6.45) is 0. The van der Waals surface area contributed by atoms with E-state index in [9.17, 15) is 0 Å². The van der Waals surface area contributed by atoms with E-state index in [1.54, 1.807) is 0 Å². The zero-order chi connectivity index (χ0) is 12.1. The second-order valence-electron chi connectivity index (χ2n) is 4.52. The number of hydrogen-bond acceptors (Lipinski definition) is 1. The Kier molecular flexibility index (Phi) is 2.09.